The summed E-state index contributed by atoms with van der Waals surface area (Å²) in [6, 6.07) is 15.1. The smallest absolute Gasteiger partial charge is 0.411 e. The second kappa shape index (κ2) is 11.2. The van der Waals surface area contributed by atoms with E-state index in [4.69, 9.17) is 38.3 Å². The number of para-hydroxylation sites is 1. The Bertz CT molecular complexity index is 1520. The van der Waals surface area contributed by atoms with Gasteiger partial charge in [-0.1, -0.05) is 35.3 Å². The Morgan fingerprint density at radius 1 is 1.13 bits per heavy atom. The van der Waals surface area contributed by atoms with E-state index in [1.54, 1.807) is 36.4 Å². The summed E-state index contributed by atoms with van der Waals surface area (Å²) < 4.78 is 20.1. The molecule has 38 heavy (non-hydrogen) atoms. The fraction of sp³-hybridized carbons (Fsp3) is 0.0800. The Balaban J connectivity index is 1.51. The van der Waals surface area contributed by atoms with Crippen LogP contribution in [0, 0.1) is 17.1 Å². The van der Waals surface area contributed by atoms with E-state index in [1.165, 1.54) is 34.5 Å². The van der Waals surface area contributed by atoms with E-state index < -0.39 is 23.5 Å². The summed E-state index contributed by atoms with van der Waals surface area (Å²) in [5.41, 5.74) is 3.20. The number of halogens is 3. The normalized spacial score (nSPS) is 12.8. The number of anilines is 2. The molecule has 0 unspecified atom stereocenters. The average Bonchev–Trinajstić information content (AvgIpc) is 2.87. The van der Waals surface area contributed by atoms with E-state index in [1.807, 2.05) is 0 Å². The van der Waals surface area contributed by atoms with Crippen LogP contribution in [0.2, 0.25) is 10.0 Å². The van der Waals surface area contributed by atoms with Crippen LogP contribution in [-0.4, -0.2) is 35.3 Å². The molecule has 1 aliphatic rings. The van der Waals surface area contributed by atoms with E-state index in [-0.39, 0.29) is 39.6 Å². The van der Waals surface area contributed by atoms with E-state index in [0.717, 1.165) is 0 Å². The monoisotopic (exact) mass is 555 g/mol. The number of carbonyl (C=O) groups is 3. The zero-order valence-corrected chi connectivity index (χ0v) is 20.7. The van der Waals surface area contributed by atoms with Crippen molar-refractivity contribution in [2.24, 2.45) is 5.10 Å². The number of fused-ring (bicyclic) bond motifs is 1. The number of nitriles is 1. The lowest BCUT2D eigenvalue weighted by molar-refractivity contribution is -0.114. The summed E-state index contributed by atoms with van der Waals surface area (Å²) in [6.45, 7) is 0.286. The molecule has 0 fully saturated rings. The Labute approximate surface area is 224 Å². The van der Waals surface area contributed by atoms with Crippen LogP contribution in [0.4, 0.5) is 20.6 Å². The predicted octanol–water partition coefficient (Wildman–Crippen LogP) is 5.21. The first kappa shape index (κ1) is 26.4. The summed E-state index contributed by atoms with van der Waals surface area (Å²) in [4.78, 5) is 36.6. The fourth-order valence-electron chi connectivity index (χ4n) is 3.67. The quantitative estimate of drug-likeness (QED) is 0.279. The number of nitrogens with one attached hydrogen (secondary N) is 2. The molecule has 13 heteroatoms. The second-order valence-corrected chi connectivity index (χ2v) is 8.61. The van der Waals surface area contributed by atoms with Crippen LogP contribution in [0.3, 0.4) is 0 Å². The van der Waals surface area contributed by atoms with Gasteiger partial charge in [-0.3, -0.25) is 20.3 Å². The molecule has 1 aliphatic heterocycles. The first-order valence-electron chi connectivity index (χ1n) is 10.8. The number of carboxylic acid groups (broad SMARTS) is 1. The van der Waals surface area contributed by atoms with Gasteiger partial charge in [0.15, 0.2) is 5.75 Å². The predicted molar refractivity (Wildman–Crippen MR) is 138 cm³/mol. The Kier molecular flexibility index (Phi) is 7.76. The molecule has 0 atom stereocenters. The average molecular weight is 556 g/mol. The molecular formula is C25H16Cl2FN5O5. The maximum atomic E-state index is 14.2. The van der Waals surface area contributed by atoms with E-state index in [0.29, 0.717) is 23.3 Å². The number of hydrogen-bond acceptors (Lipinski definition) is 7. The van der Waals surface area contributed by atoms with E-state index >= 15 is 0 Å². The third-order valence-corrected chi connectivity index (χ3v) is 5.92. The highest BCUT2D eigenvalue weighted by Gasteiger charge is 2.27. The number of ether oxygens (including phenoxy) is 1. The third-order valence-electron chi connectivity index (χ3n) is 5.36. The molecule has 4 rings (SSSR count). The number of amides is 3. The van der Waals surface area contributed by atoms with E-state index in [9.17, 15) is 18.8 Å². The van der Waals surface area contributed by atoms with Crippen LogP contribution in [0.5, 0.6) is 11.5 Å². The van der Waals surface area contributed by atoms with Crippen molar-refractivity contribution in [1.82, 2.24) is 5.32 Å². The van der Waals surface area contributed by atoms with Crippen molar-refractivity contribution in [3.05, 3.63) is 81.6 Å². The van der Waals surface area contributed by atoms with Gasteiger partial charge in [-0.2, -0.15) is 10.4 Å². The summed E-state index contributed by atoms with van der Waals surface area (Å²) in [7, 11) is 0. The zero-order chi connectivity index (χ0) is 27.4. The molecule has 3 N–H and O–H groups in total. The lowest BCUT2D eigenvalue weighted by Crippen LogP contribution is -2.38. The summed E-state index contributed by atoms with van der Waals surface area (Å²) in [5.74, 6) is -1.57. The molecule has 0 saturated heterocycles. The van der Waals surface area contributed by atoms with Gasteiger partial charge < -0.3 is 14.7 Å². The molecule has 3 aromatic rings. The van der Waals surface area contributed by atoms with Crippen LogP contribution in [-0.2, 0) is 11.2 Å². The maximum Gasteiger partial charge on any atom is 0.411 e. The topological polar surface area (TPSA) is 144 Å². The van der Waals surface area contributed by atoms with Crippen LogP contribution < -0.4 is 20.4 Å². The highest BCUT2D eigenvalue weighted by molar-refractivity contribution is 6.46. The van der Waals surface area contributed by atoms with Gasteiger partial charge in [-0.05, 0) is 54.4 Å². The zero-order valence-electron chi connectivity index (χ0n) is 19.2. The van der Waals surface area contributed by atoms with Gasteiger partial charge in [0.2, 0.25) is 5.71 Å². The van der Waals surface area contributed by atoms with Crippen molar-refractivity contribution in [2.45, 2.75) is 6.42 Å². The van der Waals surface area contributed by atoms with Gasteiger partial charge >= 0.3 is 6.09 Å². The molecule has 0 saturated carbocycles. The van der Waals surface area contributed by atoms with Gasteiger partial charge in [0.1, 0.15) is 17.6 Å². The highest BCUT2D eigenvalue weighted by atomic mass is 35.5. The first-order valence-corrected chi connectivity index (χ1v) is 11.6. The molecule has 0 aliphatic carbocycles. The number of carbonyl (C=O) groups excluding carboxylic acids is 2. The van der Waals surface area contributed by atoms with Gasteiger partial charge in [0.05, 0.1) is 21.4 Å². The summed E-state index contributed by atoms with van der Waals surface area (Å²) in [5, 5.41) is 22.8. The molecule has 3 aromatic carbocycles. The van der Waals surface area contributed by atoms with Gasteiger partial charge in [-0.25, -0.2) is 9.18 Å². The molecule has 0 bridgehead atoms. The number of hydrazone groups is 1. The number of imide groups is 1. The fourth-order valence-corrected chi connectivity index (χ4v) is 4.24. The third kappa shape index (κ3) is 5.67. The van der Waals surface area contributed by atoms with Crippen molar-refractivity contribution in [3.63, 3.8) is 0 Å². The Morgan fingerprint density at radius 3 is 2.50 bits per heavy atom. The maximum absolute atomic E-state index is 14.2. The minimum atomic E-state index is -1.64. The van der Waals surface area contributed by atoms with Gasteiger partial charge in [-0.15, -0.1) is 0 Å². The largest absolute Gasteiger partial charge is 0.465 e. The van der Waals surface area contributed by atoms with Crippen molar-refractivity contribution >= 4 is 58.2 Å². The minimum absolute atomic E-state index is 0.0585. The lowest BCUT2D eigenvalue weighted by atomic mass is 9.98. The van der Waals surface area contributed by atoms with Gasteiger partial charge in [0.25, 0.3) is 11.8 Å². The molecule has 0 radical (unpaired) electrons. The van der Waals surface area contributed by atoms with Crippen LogP contribution in [0.15, 0.2) is 59.7 Å². The molecule has 1 heterocycles. The van der Waals surface area contributed by atoms with E-state index in [2.05, 4.69) is 10.5 Å². The number of hydrogen-bond donors (Lipinski definition) is 3. The van der Waals surface area contributed by atoms with Gasteiger partial charge in [0, 0.05) is 12.1 Å². The van der Waals surface area contributed by atoms with Crippen molar-refractivity contribution in [1.29, 1.82) is 5.26 Å². The standard InChI is InChI=1S/C25H16Cl2FN5O5/c26-17-10-14(31-32-20(12-29)23(34)30-25(36)37)11-18(27)22(17)38-15-5-6-16-13(9-15)7-8-33(24(16)35)21-4-2-1-3-19(21)28/h1-6,9-11,31H,7-8H2,(H,30,34)(H,36,37). The molecule has 3 amide bonds. The molecular weight excluding hydrogens is 540 g/mol. The summed E-state index contributed by atoms with van der Waals surface area (Å²) in [6.07, 6.45) is -1.18. The lowest BCUT2D eigenvalue weighted by Gasteiger charge is -2.29. The first-order chi connectivity index (χ1) is 18.2. The Morgan fingerprint density at radius 2 is 1.84 bits per heavy atom. The molecule has 192 valence electrons. The van der Waals surface area contributed by atoms with Crippen LogP contribution in [0.25, 0.3) is 0 Å². The Hall–Kier alpha value is -4.66. The summed E-state index contributed by atoms with van der Waals surface area (Å²) >= 11 is 12.6. The van der Waals surface area contributed by atoms with Crippen molar-refractivity contribution < 1.29 is 28.6 Å². The molecule has 10 nitrogen and oxygen atoms in total. The van der Waals surface area contributed by atoms with Crippen LogP contribution >= 0.6 is 23.2 Å². The molecule has 0 aromatic heterocycles. The van der Waals surface area contributed by atoms with Crippen molar-refractivity contribution in [3.8, 4) is 17.6 Å². The van der Waals surface area contributed by atoms with Crippen molar-refractivity contribution in [2.75, 3.05) is 16.9 Å². The molecule has 0 spiro atoms. The number of nitrogens with zero attached hydrogens (tertiary/aromatic N) is 3. The highest BCUT2D eigenvalue weighted by Crippen LogP contribution is 2.39. The number of rotatable bonds is 6. The SMILES string of the molecule is N#CC(=NNc1cc(Cl)c(Oc2ccc3c(c2)CCN(c2ccccc2F)C3=O)c(Cl)c1)C(=O)NC(=O)O. The minimum Gasteiger partial charge on any atom is -0.465 e. The number of benzene rings is 3. The van der Waals surface area contributed by atoms with Crippen LogP contribution in [0.1, 0.15) is 15.9 Å². The second-order valence-electron chi connectivity index (χ2n) is 7.79.